The molecule has 0 radical (unpaired) electrons. The minimum Gasteiger partial charge on any atom is -0.478 e. The number of rotatable bonds is 6. The first-order chi connectivity index (χ1) is 12.7. The third kappa shape index (κ3) is 3.97. The van der Waals surface area contributed by atoms with Crippen LogP contribution in [0.3, 0.4) is 0 Å². The Morgan fingerprint density at radius 1 is 1.22 bits per heavy atom. The van der Waals surface area contributed by atoms with E-state index in [1.54, 1.807) is 6.07 Å². The number of fused-ring (bicyclic) bond motifs is 1. The van der Waals surface area contributed by atoms with Crippen LogP contribution in [-0.4, -0.2) is 49.3 Å². The van der Waals surface area contributed by atoms with Gasteiger partial charge in [-0.25, -0.2) is 13.2 Å². The number of hydrogen-bond donors (Lipinski definition) is 1. The molecule has 0 saturated heterocycles. The molecular weight excluding hydrogens is 394 g/mol. The number of carboxylic acids is 1. The van der Waals surface area contributed by atoms with Gasteiger partial charge in [0.15, 0.2) is 11.9 Å². The highest BCUT2D eigenvalue weighted by Gasteiger charge is 2.30. The average Bonchev–Trinajstić information content (AvgIpc) is 3.05. The summed E-state index contributed by atoms with van der Waals surface area (Å²) in [6, 6.07) is 10.2. The van der Waals surface area contributed by atoms with Crippen LogP contribution in [0.1, 0.15) is 15.9 Å². The van der Waals surface area contributed by atoms with Crippen molar-refractivity contribution in [2.45, 2.75) is 17.4 Å². The zero-order valence-corrected chi connectivity index (χ0v) is 15.8. The minimum atomic E-state index is -3.84. The molecule has 0 fully saturated rings. The lowest BCUT2D eigenvalue weighted by Gasteiger charge is -2.16. The molecule has 1 aliphatic heterocycles. The van der Waals surface area contributed by atoms with E-state index >= 15 is 0 Å². The molecule has 1 N–H and O–H groups in total. The predicted octanol–water partition coefficient (Wildman–Crippen LogP) is 2.23. The van der Waals surface area contributed by atoms with Crippen molar-refractivity contribution in [1.82, 2.24) is 4.31 Å². The predicted molar refractivity (Wildman–Crippen MR) is 97.8 cm³/mol. The number of benzene rings is 2. The minimum absolute atomic E-state index is 0.0360. The number of nitrogens with zero attached hydrogens (tertiary/aromatic N) is 1. The summed E-state index contributed by atoms with van der Waals surface area (Å²) in [4.78, 5) is 23.6. The van der Waals surface area contributed by atoms with Gasteiger partial charge in [-0.1, -0.05) is 11.6 Å². The number of carbonyl (C=O) groups excluding carboxylic acids is 1. The zero-order valence-electron chi connectivity index (χ0n) is 14.3. The topological polar surface area (TPSA) is 101 Å². The van der Waals surface area contributed by atoms with E-state index < -0.39 is 27.9 Å². The lowest BCUT2D eigenvalue weighted by Crippen LogP contribution is -2.32. The van der Waals surface area contributed by atoms with Gasteiger partial charge in [-0.2, -0.15) is 4.31 Å². The summed E-state index contributed by atoms with van der Waals surface area (Å²) < 4.78 is 31.4. The number of sulfonamides is 1. The Bertz CT molecular complexity index is 1000. The average molecular weight is 410 g/mol. The Balaban J connectivity index is 1.75. The van der Waals surface area contributed by atoms with E-state index in [-0.39, 0.29) is 17.9 Å². The molecule has 1 heterocycles. The molecule has 1 unspecified atom stereocenters. The smallest absolute Gasteiger partial charge is 0.345 e. The summed E-state index contributed by atoms with van der Waals surface area (Å²) in [5.74, 6) is -1.06. The number of carbonyl (C=O) groups is 2. The molecule has 0 amide bonds. The third-order valence-electron chi connectivity index (χ3n) is 4.22. The fraction of sp³-hybridized carbons (Fsp3) is 0.222. The van der Waals surface area contributed by atoms with Gasteiger partial charge in [0.2, 0.25) is 10.0 Å². The normalized spacial score (nSPS) is 16.0. The van der Waals surface area contributed by atoms with Gasteiger partial charge in [0.25, 0.3) is 0 Å². The second-order valence-electron chi connectivity index (χ2n) is 6.11. The van der Waals surface area contributed by atoms with Crippen LogP contribution in [0, 0.1) is 0 Å². The van der Waals surface area contributed by atoms with Gasteiger partial charge in [-0.3, -0.25) is 4.79 Å². The number of aliphatic carboxylic acids is 1. The Labute approximate surface area is 161 Å². The Hall–Kier alpha value is -2.42. The second-order valence-corrected chi connectivity index (χ2v) is 8.59. The molecule has 3 rings (SSSR count). The summed E-state index contributed by atoms with van der Waals surface area (Å²) in [5, 5.41) is 9.43. The maximum absolute atomic E-state index is 12.6. The van der Waals surface area contributed by atoms with Crippen LogP contribution in [0.4, 0.5) is 0 Å². The highest BCUT2D eigenvalue weighted by Crippen LogP contribution is 2.30. The molecule has 0 bridgehead atoms. The molecule has 2 aromatic rings. The van der Waals surface area contributed by atoms with Crippen LogP contribution < -0.4 is 4.74 Å². The molecule has 2 aromatic carbocycles. The van der Waals surface area contributed by atoms with Crippen molar-refractivity contribution in [2.24, 2.45) is 0 Å². The van der Waals surface area contributed by atoms with Crippen LogP contribution in [0.5, 0.6) is 5.75 Å². The van der Waals surface area contributed by atoms with Crippen LogP contribution in [-0.2, 0) is 21.2 Å². The maximum Gasteiger partial charge on any atom is 0.345 e. The molecule has 142 valence electrons. The van der Waals surface area contributed by atoms with E-state index in [1.165, 1.54) is 43.4 Å². The molecule has 0 aliphatic carbocycles. The highest BCUT2D eigenvalue weighted by molar-refractivity contribution is 7.89. The lowest BCUT2D eigenvalue weighted by atomic mass is 10.0. The standard InChI is InChI=1S/C18H16ClNO6S/c1-20(27(24,25)14-5-3-13(19)4-6-14)10-15(21)11-2-7-16-12(8-11)9-17(26-16)18(22)23/h2-8,17H,9-10H2,1H3,(H,22,23). The van der Waals surface area contributed by atoms with Gasteiger partial charge in [0, 0.05) is 24.1 Å². The van der Waals surface area contributed by atoms with Crippen LogP contribution in [0.15, 0.2) is 47.4 Å². The molecule has 9 heteroatoms. The van der Waals surface area contributed by atoms with Gasteiger partial charge in [0.1, 0.15) is 5.75 Å². The van der Waals surface area contributed by atoms with Crippen LogP contribution in [0.25, 0.3) is 0 Å². The van der Waals surface area contributed by atoms with E-state index in [1.807, 2.05) is 0 Å². The van der Waals surface area contributed by atoms with Crippen molar-refractivity contribution in [3.05, 3.63) is 58.6 Å². The van der Waals surface area contributed by atoms with E-state index in [0.29, 0.717) is 21.9 Å². The lowest BCUT2D eigenvalue weighted by molar-refractivity contribution is -0.144. The monoisotopic (exact) mass is 409 g/mol. The Morgan fingerprint density at radius 2 is 1.89 bits per heavy atom. The SMILES string of the molecule is CN(CC(=O)c1ccc2c(c1)CC(C(=O)O)O2)S(=O)(=O)c1ccc(Cl)cc1. The van der Waals surface area contributed by atoms with Crippen molar-refractivity contribution in [3.63, 3.8) is 0 Å². The number of halogens is 1. The molecule has 0 spiro atoms. The quantitative estimate of drug-likeness (QED) is 0.734. The second kappa shape index (κ2) is 7.30. The van der Waals surface area contributed by atoms with Gasteiger partial charge in [-0.05, 0) is 48.0 Å². The fourth-order valence-electron chi connectivity index (χ4n) is 2.72. The Morgan fingerprint density at radius 3 is 2.52 bits per heavy atom. The molecule has 1 aliphatic rings. The van der Waals surface area contributed by atoms with E-state index in [0.717, 1.165) is 4.31 Å². The molecular formula is C18H16ClNO6S. The number of hydrogen-bond acceptors (Lipinski definition) is 5. The van der Waals surface area contributed by atoms with Gasteiger partial charge in [0.05, 0.1) is 11.4 Å². The highest BCUT2D eigenvalue weighted by atomic mass is 35.5. The van der Waals surface area contributed by atoms with Crippen molar-refractivity contribution in [3.8, 4) is 5.75 Å². The molecule has 0 aromatic heterocycles. The third-order valence-corrected chi connectivity index (χ3v) is 6.29. The number of likely N-dealkylation sites (N-methyl/N-ethyl adjacent to an activating group) is 1. The molecule has 1 atom stereocenters. The van der Waals surface area contributed by atoms with Crippen molar-refractivity contribution in [2.75, 3.05) is 13.6 Å². The number of carboxylic acid groups (broad SMARTS) is 1. The van der Waals surface area contributed by atoms with Crippen molar-refractivity contribution < 1.29 is 27.9 Å². The summed E-state index contributed by atoms with van der Waals surface area (Å²) in [6.45, 7) is -0.354. The van der Waals surface area contributed by atoms with Gasteiger partial charge in [-0.15, -0.1) is 0 Å². The first-order valence-electron chi connectivity index (χ1n) is 7.96. The summed E-state index contributed by atoms with van der Waals surface area (Å²) in [6.07, 6.45) is -0.816. The largest absolute Gasteiger partial charge is 0.478 e. The molecule has 0 saturated carbocycles. The van der Waals surface area contributed by atoms with E-state index in [4.69, 9.17) is 21.4 Å². The van der Waals surface area contributed by atoms with Crippen LogP contribution in [0.2, 0.25) is 5.02 Å². The molecule has 7 nitrogen and oxygen atoms in total. The van der Waals surface area contributed by atoms with Crippen molar-refractivity contribution in [1.29, 1.82) is 0 Å². The number of Topliss-reactive ketones (excluding diaryl/α,β-unsaturated/α-hetero) is 1. The van der Waals surface area contributed by atoms with Crippen molar-refractivity contribution >= 4 is 33.4 Å². The fourth-order valence-corrected chi connectivity index (χ4v) is 3.98. The van der Waals surface area contributed by atoms with Crippen LogP contribution >= 0.6 is 11.6 Å². The number of ketones is 1. The summed E-state index contributed by atoms with van der Waals surface area (Å²) in [5.41, 5.74) is 0.901. The Kier molecular flexibility index (Phi) is 5.23. The maximum atomic E-state index is 12.6. The zero-order chi connectivity index (χ0) is 19.8. The van der Waals surface area contributed by atoms with E-state index in [2.05, 4.69) is 0 Å². The summed E-state index contributed by atoms with van der Waals surface area (Å²) >= 11 is 5.77. The van der Waals surface area contributed by atoms with Gasteiger partial charge < -0.3 is 9.84 Å². The van der Waals surface area contributed by atoms with E-state index in [9.17, 15) is 18.0 Å². The first kappa shape index (κ1) is 19.3. The first-order valence-corrected chi connectivity index (χ1v) is 9.78. The molecule has 27 heavy (non-hydrogen) atoms. The van der Waals surface area contributed by atoms with Gasteiger partial charge >= 0.3 is 5.97 Å². The number of ether oxygens (including phenoxy) is 1. The summed E-state index contributed by atoms with van der Waals surface area (Å²) in [7, 11) is -2.52.